The lowest BCUT2D eigenvalue weighted by Gasteiger charge is -2.30. The van der Waals surface area contributed by atoms with Gasteiger partial charge in [0.15, 0.2) is 11.5 Å². The van der Waals surface area contributed by atoms with Gasteiger partial charge in [0, 0.05) is 23.1 Å². The normalized spacial score (nSPS) is 15.1. The van der Waals surface area contributed by atoms with Crippen LogP contribution in [0.15, 0.2) is 55.1 Å². The summed E-state index contributed by atoms with van der Waals surface area (Å²) in [7, 11) is 3.19. The quantitative estimate of drug-likeness (QED) is 0.678. The van der Waals surface area contributed by atoms with Gasteiger partial charge in [-0.15, -0.1) is 6.58 Å². The molecule has 28 heavy (non-hydrogen) atoms. The molecule has 1 fully saturated rings. The largest absolute Gasteiger partial charge is 0.493 e. The average molecular weight is 380 g/mol. The number of nitrogens with one attached hydrogen (secondary N) is 1. The minimum absolute atomic E-state index is 0.0252. The van der Waals surface area contributed by atoms with Gasteiger partial charge in [-0.05, 0) is 37.0 Å². The van der Waals surface area contributed by atoms with Crippen LogP contribution in [0.1, 0.15) is 47.2 Å². The zero-order chi connectivity index (χ0) is 20.0. The Hall–Kier alpha value is -2.75. The summed E-state index contributed by atoms with van der Waals surface area (Å²) in [6.45, 7) is 4.44. The van der Waals surface area contributed by atoms with E-state index in [2.05, 4.69) is 36.2 Å². The molecule has 148 valence electrons. The number of carbonyl (C=O) groups is 1. The predicted molar refractivity (Wildman–Crippen MR) is 112 cm³/mol. The zero-order valence-corrected chi connectivity index (χ0v) is 16.8. The molecule has 0 bridgehead atoms. The molecule has 0 aromatic heterocycles. The van der Waals surface area contributed by atoms with Gasteiger partial charge in [-0.3, -0.25) is 4.79 Å². The highest BCUT2D eigenvalue weighted by atomic mass is 16.5. The molecule has 0 aliphatic heterocycles. The van der Waals surface area contributed by atoms with Crippen molar-refractivity contribution in [3.8, 4) is 11.5 Å². The minimum atomic E-state index is -0.0894. The summed E-state index contributed by atoms with van der Waals surface area (Å²) in [5, 5.41) is 3.18. The predicted octanol–water partition coefficient (Wildman–Crippen LogP) is 4.67. The lowest BCUT2D eigenvalue weighted by molar-refractivity contribution is 0.0942. The van der Waals surface area contributed by atoms with E-state index in [-0.39, 0.29) is 11.3 Å². The summed E-state index contributed by atoms with van der Waals surface area (Å²) >= 11 is 0. The van der Waals surface area contributed by atoms with Gasteiger partial charge in [0.1, 0.15) is 0 Å². The van der Waals surface area contributed by atoms with E-state index in [1.54, 1.807) is 26.4 Å². The SMILES string of the molecule is C=CCc1cc(C(=O)NCC2(c3ccccc3)CCCC2)cc(OC)c1OC. The summed E-state index contributed by atoms with van der Waals surface area (Å²) in [6, 6.07) is 14.1. The molecule has 1 N–H and O–H groups in total. The Balaban J connectivity index is 1.82. The molecule has 2 aromatic rings. The number of carbonyl (C=O) groups excluding carboxylic acids is 1. The van der Waals surface area contributed by atoms with E-state index < -0.39 is 0 Å². The molecule has 1 saturated carbocycles. The van der Waals surface area contributed by atoms with Crippen molar-refractivity contribution in [1.82, 2.24) is 5.32 Å². The van der Waals surface area contributed by atoms with Crippen molar-refractivity contribution in [3.63, 3.8) is 0 Å². The second-order valence-electron chi connectivity index (χ2n) is 7.40. The van der Waals surface area contributed by atoms with Crippen LogP contribution in [0, 0.1) is 0 Å². The van der Waals surface area contributed by atoms with E-state index in [0.29, 0.717) is 30.0 Å². The zero-order valence-electron chi connectivity index (χ0n) is 16.8. The molecule has 4 nitrogen and oxygen atoms in total. The summed E-state index contributed by atoms with van der Waals surface area (Å²) in [5.41, 5.74) is 2.81. The van der Waals surface area contributed by atoms with Crippen LogP contribution in [-0.4, -0.2) is 26.7 Å². The summed E-state index contributed by atoms with van der Waals surface area (Å²) < 4.78 is 10.9. The second kappa shape index (κ2) is 8.96. The van der Waals surface area contributed by atoms with Gasteiger partial charge in [-0.1, -0.05) is 49.2 Å². The minimum Gasteiger partial charge on any atom is -0.493 e. The van der Waals surface area contributed by atoms with Crippen molar-refractivity contribution < 1.29 is 14.3 Å². The first-order valence-electron chi connectivity index (χ1n) is 9.83. The smallest absolute Gasteiger partial charge is 0.251 e. The Morgan fingerprint density at radius 3 is 2.46 bits per heavy atom. The van der Waals surface area contributed by atoms with Gasteiger partial charge in [0.2, 0.25) is 0 Å². The molecule has 0 heterocycles. The highest BCUT2D eigenvalue weighted by molar-refractivity contribution is 5.95. The summed E-state index contributed by atoms with van der Waals surface area (Å²) in [4.78, 5) is 13.0. The molecule has 0 radical (unpaired) electrons. The fourth-order valence-corrected chi connectivity index (χ4v) is 4.24. The molecule has 1 aliphatic rings. The van der Waals surface area contributed by atoms with E-state index in [0.717, 1.165) is 18.4 Å². The Bertz CT molecular complexity index is 823. The van der Waals surface area contributed by atoms with Crippen LogP contribution in [0.4, 0.5) is 0 Å². The first kappa shape index (κ1) is 20.0. The third-order valence-electron chi connectivity index (χ3n) is 5.72. The van der Waals surface area contributed by atoms with E-state index >= 15 is 0 Å². The molecule has 2 aromatic carbocycles. The second-order valence-corrected chi connectivity index (χ2v) is 7.40. The Kier molecular flexibility index (Phi) is 6.40. The highest BCUT2D eigenvalue weighted by Crippen LogP contribution is 2.40. The van der Waals surface area contributed by atoms with Crippen molar-refractivity contribution in [2.45, 2.75) is 37.5 Å². The topological polar surface area (TPSA) is 47.6 Å². The van der Waals surface area contributed by atoms with E-state index in [1.165, 1.54) is 18.4 Å². The molecule has 4 heteroatoms. The first-order valence-corrected chi connectivity index (χ1v) is 9.83. The van der Waals surface area contributed by atoms with Crippen molar-refractivity contribution in [2.24, 2.45) is 0 Å². The van der Waals surface area contributed by atoms with Gasteiger partial charge in [-0.2, -0.15) is 0 Å². The highest BCUT2D eigenvalue weighted by Gasteiger charge is 2.35. The third kappa shape index (κ3) is 4.06. The number of methoxy groups -OCH3 is 2. The Morgan fingerprint density at radius 2 is 1.86 bits per heavy atom. The van der Waals surface area contributed by atoms with Crippen LogP contribution in [-0.2, 0) is 11.8 Å². The lowest BCUT2D eigenvalue weighted by atomic mass is 9.79. The van der Waals surface area contributed by atoms with E-state index in [9.17, 15) is 4.79 Å². The van der Waals surface area contributed by atoms with Crippen LogP contribution in [0.25, 0.3) is 0 Å². The number of hydrogen-bond acceptors (Lipinski definition) is 3. The maximum atomic E-state index is 13.0. The number of ether oxygens (including phenoxy) is 2. The van der Waals surface area contributed by atoms with Gasteiger partial charge >= 0.3 is 0 Å². The Labute approximate surface area is 167 Å². The molecule has 0 saturated heterocycles. The van der Waals surface area contributed by atoms with Crippen molar-refractivity contribution >= 4 is 5.91 Å². The molecule has 0 spiro atoms. The van der Waals surface area contributed by atoms with Crippen LogP contribution in [0.3, 0.4) is 0 Å². The van der Waals surface area contributed by atoms with E-state index in [1.807, 2.05) is 12.1 Å². The summed E-state index contributed by atoms with van der Waals surface area (Å²) in [6.07, 6.45) is 7.00. The first-order chi connectivity index (χ1) is 13.6. The number of amides is 1. The maximum absolute atomic E-state index is 13.0. The van der Waals surface area contributed by atoms with Gasteiger partial charge in [-0.25, -0.2) is 0 Å². The van der Waals surface area contributed by atoms with Gasteiger partial charge in [0.05, 0.1) is 14.2 Å². The number of allylic oxidation sites excluding steroid dienone is 1. The molecule has 0 atom stereocenters. The molecule has 1 aliphatic carbocycles. The van der Waals surface area contributed by atoms with Gasteiger partial charge < -0.3 is 14.8 Å². The fourth-order valence-electron chi connectivity index (χ4n) is 4.24. The van der Waals surface area contributed by atoms with Crippen molar-refractivity contribution in [2.75, 3.05) is 20.8 Å². The average Bonchev–Trinajstić information content (AvgIpc) is 3.22. The maximum Gasteiger partial charge on any atom is 0.251 e. The molecule has 1 amide bonds. The monoisotopic (exact) mass is 379 g/mol. The molecule has 3 rings (SSSR count). The number of hydrogen-bond donors (Lipinski definition) is 1. The van der Waals surface area contributed by atoms with Crippen molar-refractivity contribution in [3.05, 3.63) is 71.8 Å². The number of rotatable bonds is 8. The molecule has 0 unspecified atom stereocenters. The van der Waals surface area contributed by atoms with Crippen LogP contribution >= 0.6 is 0 Å². The van der Waals surface area contributed by atoms with Crippen LogP contribution < -0.4 is 14.8 Å². The number of benzene rings is 2. The lowest BCUT2D eigenvalue weighted by Crippen LogP contribution is -2.39. The third-order valence-corrected chi connectivity index (χ3v) is 5.72. The Morgan fingerprint density at radius 1 is 1.14 bits per heavy atom. The summed E-state index contributed by atoms with van der Waals surface area (Å²) in [5.74, 6) is 1.12. The van der Waals surface area contributed by atoms with Gasteiger partial charge in [0.25, 0.3) is 5.91 Å². The van der Waals surface area contributed by atoms with Crippen LogP contribution in [0.5, 0.6) is 11.5 Å². The molecular weight excluding hydrogens is 350 g/mol. The standard InChI is InChI=1S/C24H29NO3/c1-4-10-18-15-19(16-21(27-2)22(18)28-3)23(26)25-17-24(13-8-9-14-24)20-11-6-5-7-12-20/h4-7,11-12,15-16H,1,8-10,13-14,17H2,2-3H3,(H,25,26). The van der Waals surface area contributed by atoms with Crippen LogP contribution in [0.2, 0.25) is 0 Å². The molecular formula is C24H29NO3. The fraction of sp³-hybridized carbons (Fsp3) is 0.375. The van der Waals surface area contributed by atoms with E-state index in [4.69, 9.17) is 9.47 Å². The van der Waals surface area contributed by atoms with Crippen molar-refractivity contribution in [1.29, 1.82) is 0 Å².